The van der Waals surface area contributed by atoms with Gasteiger partial charge in [0.2, 0.25) is 0 Å². The first-order valence-electron chi connectivity index (χ1n) is 2.43. The van der Waals surface area contributed by atoms with Gasteiger partial charge < -0.3 is 11.5 Å². The van der Waals surface area contributed by atoms with Gasteiger partial charge in [-0.25, -0.2) is 0 Å². The van der Waals surface area contributed by atoms with Gasteiger partial charge in [-0.2, -0.15) is 0 Å². The van der Waals surface area contributed by atoms with Gasteiger partial charge in [0.15, 0.2) is 0 Å². The van der Waals surface area contributed by atoms with Crippen LogP contribution in [0.1, 0.15) is 20.3 Å². The summed E-state index contributed by atoms with van der Waals surface area (Å²) in [5.74, 6) is 1.29. The topological polar surface area (TPSA) is 52.0 Å². The fourth-order valence-electron chi connectivity index (χ4n) is 0.471. The molecule has 0 heterocycles. The molecule has 0 unspecified atom stereocenters. The zero-order valence-corrected chi connectivity index (χ0v) is 4.94. The van der Waals surface area contributed by atoms with Crippen LogP contribution < -0.4 is 11.5 Å². The molecule has 0 rings (SSSR count). The van der Waals surface area contributed by atoms with Gasteiger partial charge in [-0.1, -0.05) is 13.8 Å². The lowest BCUT2D eigenvalue weighted by atomic mass is 10.1. The quantitative estimate of drug-likeness (QED) is 0.489. The molecular formula is C5H13N2. The Bertz CT molecular complexity index is 35.3. The maximum atomic E-state index is 5.25. The van der Waals surface area contributed by atoms with Crippen LogP contribution in [0.25, 0.3) is 0 Å². The summed E-state index contributed by atoms with van der Waals surface area (Å²) in [6, 6.07) is 0. The van der Waals surface area contributed by atoms with E-state index in [1.165, 1.54) is 5.92 Å². The normalized spacial score (nSPS) is 11.1. The molecule has 43 valence electrons. The van der Waals surface area contributed by atoms with Crippen molar-refractivity contribution >= 4 is 0 Å². The monoisotopic (exact) mass is 101 g/mol. The predicted octanol–water partition coefficient (Wildman–Crippen LogP) is 0.234. The maximum Gasteiger partial charge on any atom is 0.0526 e. The highest BCUT2D eigenvalue weighted by Crippen LogP contribution is 2.00. The van der Waals surface area contributed by atoms with Crippen LogP contribution in [0.4, 0.5) is 0 Å². The van der Waals surface area contributed by atoms with Gasteiger partial charge in [-0.15, -0.1) is 0 Å². The van der Waals surface area contributed by atoms with E-state index in [1.807, 2.05) is 13.8 Å². The fraction of sp³-hybridized carbons (Fsp3) is 0.800. The molecule has 0 saturated heterocycles. The zero-order valence-electron chi connectivity index (χ0n) is 4.94. The van der Waals surface area contributed by atoms with Crippen molar-refractivity contribution in [1.82, 2.24) is 0 Å². The van der Waals surface area contributed by atoms with E-state index in [-0.39, 0.29) is 6.17 Å². The van der Waals surface area contributed by atoms with Crippen LogP contribution in [0.2, 0.25) is 0 Å². The summed E-state index contributed by atoms with van der Waals surface area (Å²) in [7, 11) is 0. The Kier molecular flexibility index (Phi) is 2.96. The SMILES string of the molecule is C[C](C)CC(N)N. The molecule has 2 heteroatoms. The van der Waals surface area contributed by atoms with Crippen molar-refractivity contribution in [2.75, 3.05) is 0 Å². The van der Waals surface area contributed by atoms with Gasteiger partial charge in [0.25, 0.3) is 0 Å². The minimum atomic E-state index is -0.162. The Labute approximate surface area is 44.9 Å². The van der Waals surface area contributed by atoms with E-state index in [4.69, 9.17) is 11.5 Å². The molecule has 0 aromatic carbocycles. The van der Waals surface area contributed by atoms with Crippen LogP contribution in [0, 0.1) is 5.92 Å². The van der Waals surface area contributed by atoms with Gasteiger partial charge in [0, 0.05) is 0 Å². The summed E-state index contributed by atoms with van der Waals surface area (Å²) in [5, 5.41) is 0. The first-order chi connectivity index (χ1) is 3.13. The average Bonchev–Trinajstić information content (AvgIpc) is 1.27. The first kappa shape index (κ1) is 6.92. The van der Waals surface area contributed by atoms with E-state index in [9.17, 15) is 0 Å². The minimum Gasteiger partial charge on any atom is -0.316 e. The summed E-state index contributed by atoms with van der Waals surface area (Å²) in [4.78, 5) is 0. The van der Waals surface area contributed by atoms with Crippen LogP contribution in [0.5, 0.6) is 0 Å². The Balaban J connectivity index is 2.95. The van der Waals surface area contributed by atoms with E-state index in [0.29, 0.717) is 0 Å². The number of nitrogens with two attached hydrogens (primary N) is 2. The van der Waals surface area contributed by atoms with Crippen molar-refractivity contribution in [1.29, 1.82) is 0 Å². The fourth-order valence-corrected chi connectivity index (χ4v) is 0.471. The highest BCUT2D eigenvalue weighted by atomic mass is 14.8. The lowest BCUT2D eigenvalue weighted by Gasteiger charge is -2.05. The highest BCUT2D eigenvalue weighted by Gasteiger charge is 1.96. The predicted molar refractivity (Wildman–Crippen MR) is 31.4 cm³/mol. The third kappa shape index (κ3) is 5.92. The summed E-state index contributed by atoms with van der Waals surface area (Å²) in [6.07, 6.45) is 0.671. The second-order valence-corrected chi connectivity index (χ2v) is 2.08. The first-order valence-corrected chi connectivity index (χ1v) is 2.43. The van der Waals surface area contributed by atoms with Crippen molar-refractivity contribution < 1.29 is 0 Å². The second-order valence-electron chi connectivity index (χ2n) is 2.08. The van der Waals surface area contributed by atoms with Crippen LogP contribution in [-0.2, 0) is 0 Å². The van der Waals surface area contributed by atoms with Crippen molar-refractivity contribution in [3.63, 3.8) is 0 Å². The largest absolute Gasteiger partial charge is 0.316 e. The summed E-state index contributed by atoms with van der Waals surface area (Å²) >= 11 is 0. The van der Waals surface area contributed by atoms with E-state index in [2.05, 4.69) is 0 Å². The minimum absolute atomic E-state index is 0.162. The molecule has 0 aliphatic heterocycles. The van der Waals surface area contributed by atoms with Gasteiger partial charge in [0.05, 0.1) is 6.17 Å². The maximum absolute atomic E-state index is 5.25. The van der Waals surface area contributed by atoms with Gasteiger partial charge >= 0.3 is 0 Å². The number of hydrogen-bond donors (Lipinski definition) is 2. The van der Waals surface area contributed by atoms with Crippen LogP contribution in [0.3, 0.4) is 0 Å². The molecule has 1 radical (unpaired) electrons. The molecular weight excluding hydrogens is 88.1 g/mol. The molecule has 0 atom stereocenters. The Morgan fingerprint density at radius 2 is 1.86 bits per heavy atom. The molecule has 0 aliphatic carbocycles. The lowest BCUT2D eigenvalue weighted by Crippen LogP contribution is -2.31. The van der Waals surface area contributed by atoms with Gasteiger partial charge in [0.1, 0.15) is 0 Å². The standard InChI is InChI=1S/C5H13N2/c1-4(2)3-5(6)7/h5H,3,6-7H2,1-2H3. The van der Waals surface area contributed by atoms with Crippen molar-refractivity contribution in [2.45, 2.75) is 26.4 Å². The average molecular weight is 101 g/mol. The Morgan fingerprint density at radius 3 is 1.86 bits per heavy atom. The van der Waals surface area contributed by atoms with Crippen molar-refractivity contribution in [3.8, 4) is 0 Å². The third-order valence-corrected chi connectivity index (χ3v) is 0.644. The zero-order chi connectivity index (χ0) is 5.86. The van der Waals surface area contributed by atoms with E-state index in [1.54, 1.807) is 0 Å². The number of rotatable bonds is 2. The smallest absolute Gasteiger partial charge is 0.0526 e. The van der Waals surface area contributed by atoms with Crippen molar-refractivity contribution in [2.24, 2.45) is 11.5 Å². The third-order valence-electron chi connectivity index (χ3n) is 0.644. The van der Waals surface area contributed by atoms with Crippen LogP contribution in [0.15, 0.2) is 0 Å². The highest BCUT2D eigenvalue weighted by molar-refractivity contribution is 4.79. The molecule has 0 aromatic heterocycles. The molecule has 0 bridgehead atoms. The molecule has 0 amide bonds. The molecule has 2 nitrogen and oxygen atoms in total. The number of hydrogen-bond acceptors (Lipinski definition) is 2. The van der Waals surface area contributed by atoms with E-state index < -0.39 is 0 Å². The van der Waals surface area contributed by atoms with Gasteiger partial charge in [-0.3, -0.25) is 0 Å². The van der Waals surface area contributed by atoms with E-state index >= 15 is 0 Å². The molecule has 4 N–H and O–H groups in total. The van der Waals surface area contributed by atoms with Crippen LogP contribution in [-0.4, -0.2) is 6.17 Å². The molecule has 7 heavy (non-hydrogen) atoms. The van der Waals surface area contributed by atoms with Crippen LogP contribution >= 0.6 is 0 Å². The summed E-state index contributed by atoms with van der Waals surface area (Å²) in [6.45, 7) is 4.04. The molecule has 0 fully saturated rings. The summed E-state index contributed by atoms with van der Waals surface area (Å²) < 4.78 is 0. The Morgan fingerprint density at radius 1 is 1.43 bits per heavy atom. The lowest BCUT2D eigenvalue weighted by molar-refractivity contribution is 0.652. The summed E-state index contributed by atoms with van der Waals surface area (Å²) in [5.41, 5.74) is 10.5. The van der Waals surface area contributed by atoms with Gasteiger partial charge in [-0.05, 0) is 12.3 Å². The molecule has 0 aliphatic rings. The second kappa shape index (κ2) is 2.99. The Hall–Kier alpha value is -0.0800. The van der Waals surface area contributed by atoms with Crippen molar-refractivity contribution in [3.05, 3.63) is 5.92 Å². The molecule has 0 saturated carbocycles. The molecule has 0 spiro atoms. The van der Waals surface area contributed by atoms with E-state index in [0.717, 1.165) is 6.42 Å². The molecule has 0 aromatic rings.